The molecule has 0 fully saturated rings. The van der Waals surface area contributed by atoms with Crippen molar-refractivity contribution in [1.82, 2.24) is 9.13 Å². The lowest BCUT2D eigenvalue weighted by molar-refractivity contribution is 0.0877. The highest BCUT2D eigenvalue weighted by Gasteiger charge is 2.13. The summed E-state index contributed by atoms with van der Waals surface area (Å²) in [6, 6.07) is 1.12. The molecule has 116 valence electrons. The molecular formula is C15H24N2O3Si. The lowest BCUT2D eigenvalue weighted by Crippen LogP contribution is -2.21. The van der Waals surface area contributed by atoms with Crippen molar-refractivity contribution in [3.8, 4) is 0 Å². The lowest BCUT2D eigenvalue weighted by Gasteiger charge is -2.15. The second-order valence-corrected chi connectivity index (χ2v) is 12.3. The monoisotopic (exact) mass is 308 g/mol. The maximum absolute atomic E-state index is 12.1. The van der Waals surface area contributed by atoms with Crippen LogP contribution in [0.1, 0.15) is 5.56 Å². The van der Waals surface area contributed by atoms with Crippen molar-refractivity contribution in [2.45, 2.75) is 39.0 Å². The number of aliphatic hydroxyl groups is 1. The van der Waals surface area contributed by atoms with E-state index in [0.29, 0.717) is 12.1 Å². The first kappa shape index (κ1) is 16.0. The van der Waals surface area contributed by atoms with Crippen molar-refractivity contribution in [3.05, 3.63) is 34.5 Å². The number of nitrogens with zero attached hydrogens (tertiary/aromatic N) is 2. The van der Waals surface area contributed by atoms with E-state index in [1.165, 1.54) is 4.57 Å². The van der Waals surface area contributed by atoms with E-state index >= 15 is 0 Å². The standard InChI is InChI=1S/C15H24N2O3Si/c1-16-7-12(10-18)13-8-17(9-14(13)15(16)19)11-20-5-6-21(2,3)4/h7-9,18H,5-6,10-11H2,1-4H3. The third-order valence-corrected chi connectivity index (χ3v) is 5.24. The highest BCUT2D eigenvalue weighted by molar-refractivity contribution is 6.76. The minimum atomic E-state index is -1.08. The van der Waals surface area contributed by atoms with Gasteiger partial charge >= 0.3 is 0 Å². The van der Waals surface area contributed by atoms with Gasteiger partial charge in [0.05, 0.1) is 12.0 Å². The number of aliphatic hydroxyl groups excluding tert-OH is 1. The summed E-state index contributed by atoms with van der Waals surface area (Å²) in [6.45, 7) is 8.06. The van der Waals surface area contributed by atoms with Gasteiger partial charge in [0.25, 0.3) is 5.56 Å². The van der Waals surface area contributed by atoms with E-state index in [1.54, 1.807) is 19.4 Å². The van der Waals surface area contributed by atoms with Gasteiger partial charge in [0.15, 0.2) is 0 Å². The van der Waals surface area contributed by atoms with Gasteiger partial charge in [-0.2, -0.15) is 0 Å². The van der Waals surface area contributed by atoms with Crippen LogP contribution in [0.25, 0.3) is 10.8 Å². The second-order valence-electron chi connectivity index (χ2n) is 6.68. The molecule has 5 nitrogen and oxygen atoms in total. The number of rotatable bonds is 6. The minimum absolute atomic E-state index is 0.0527. The van der Waals surface area contributed by atoms with Crippen LogP contribution in [0.15, 0.2) is 23.4 Å². The van der Waals surface area contributed by atoms with Crippen LogP contribution < -0.4 is 5.56 Å². The van der Waals surface area contributed by atoms with Crippen molar-refractivity contribution >= 4 is 18.8 Å². The number of pyridine rings is 1. The molecule has 0 saturated heterocycles. The second kappa shape index (κ2) is 6.17. The molecule has 2 rings (SSSR count). The molecule has 0 aliphatic carbocycles. The van der Waals surface area contributed by atoms with Crippen molar-refractivity contribution in [3.63, 3.8) is 0 Å². The van der Waals surface area contributed by atoms with Gasteiger partial charge in [0.1, 0.15) is 6.73 Å². The lowest BCUT2D eigenvalue weighted by atomic mass is 10.2. The summed E-state index contributed by atoms with van der Waals surface area (Å²) in [5, 5.41) is 10.8. The first-order chi connectivity index (χ1) is 9.81. The summed E-state index contributed by atoms with van der Waals surface area (Å²) in [4.78, 5) is 12.1. The molecule has 0 aliphatic rings. The molecule has 2 heterocycles. The Labute approximate surface area is 125 Å². The van der Waals surface area contributed by atoms with Gasteiger partial charge in [0.2, 0.25) is 0 Å². The number of fused-ring (bicyclic) bond motifs is 1. The van der Waals surface area contributed by atoms with Crippen LogP contribution in [-0.2, 0) is 25.1 Å². The molecule has 2 aromatic rings. The largest absolute Gasteiger partial charge is 0.392 e. The normalized spacial score (nSPS) is 12.2. The Morgan fingerprint density at radius 2 is 1.86 bits per heavy atom. The SMILES string of the molecule is Cn1cc(CO)c2cn(COCC[Si](C)(C)C)cc2c1=O. The molecule has 0 spiro atoms. The molecule has 0 radical (unpaired) electrons. The molecule has 0 atom stereocenters. The summed E-state index contributed by atoms with van der Waals surface area (Å²) in [7, 11) is 0.618. The molecule has 0 aromatic carbocycles. The summed E-state index contributed by atoms with van der Waals surface area (Å²) < 4.78 is 9.07. The number of ether oxygens (including phenoxy) is 1. The van der Waals surface area contributed by atoms with Crippen LogP contribution in [0.5, 0.6) is 0 Å². The van der Waals surface area contributed by atoms with E-state index in [4.69, 9.17) is 4.74 Å². The predicted molar refractivity (Wildman–Crippen MR) is 87.2 cm³/mol. The quantitative estimate of drug-likeness (QED) is 0.657. The van der Waals surface area contributed by atoms with Crippen LogP contribution in [0.3, 0.4) is 0 Å². The number of hydrogen-bond donors (Lipinski definition) is 1. The fourth-order valence-electron chi connectivity index (χ4n) is 2.24. The van der Waals surface area contributed by atoms with Gasteiger partial charge in [-0.25, -0.2) is 0 Å². The van der Waals surface area contributed by atoms with Gasteiger partial charge in [0, 0.05) is 51.3 Å². The van der Waals surface area contributed by atoms with Gasteiger partial charge in [-0.3, -0.25) is 4.79 Å². The van der Waals surface area contributed by atoms with Crippen molar-refractivity contribution in [2.75, 3.05) is 6.61 Å². The number of aromatic nitrogens is 2. The molecule has 6 heteroatoms. The molecule has 0 amide bonds. The minimum Gasteiger partial charge on any atom is -0.392 e. The van der Waals surface area contributed by atoms with E-state index < -0.39 is 8.07 Å². The van der Waals surface area contributed by atoms with Crippen LogP contribution in [0.2, 0.25) is 25.7 Å². The molecule has 0 saturated carbocycles. The maximum Gasteiger partial charge on any atom is 0.259 e. The van der Waals surface area contributed by atoms with E-state index in [9.17, 15) is 9.90 Å². The Bertz CT molecular complexity index is 683. The summed E-state index contributed by atoms with van der Waals surface area (Å²) in [5.41, 5.74) is 0.705. The number of aryl methyl sites for hydroxylation is 1. The zero-order valence-electron chi connectivity index (χ0n) is 13.2. The zero-order valence-corrected chi connectivity index (χ0v) is 14.2. The third-order valence-electron chi connectivity index (χ3n) is 3.53. The fraction of sp³-hybridized carbons (Fsp3) is 0.533. The van der Waals surface area contributed by atoms with Gasteiger partial charge < -0.3 is 19.0 Å². The molecule has 0 aliphatic heterocycles. The van der Waals surface area contributed by atoms with E-state index in [-0.39, 0.29) is 12.2 Å². The fourth-order valence-corrected chi connectivity index (χ4v) is 2.99. The molecule has 0 bridgehead atoms. The molecular weight excluding hydrogens is 284 g/mol. The number of hydrogen-bond acceptors (Lipinski definition) is 3. The first-order valence-corrected chi connectivity index (χ1v) is 10.9. The Balaban J connectivity index is 2.16. The topological polar surface area (TPSA) is 56.4 Å². The maximum atomic E-state index is 12.1. The van der Waals surface area contributed by atoms with Gasteiger partial charge in [-0.1, -0.05) is 19.6 Å². The zero-order chi connectivity index (χ0) is 15.6. The van der Waals surface area contributed by atoms with Crippen molar-refractivity contribution < 1.29 is 9.84 Å². The highest BCUT2D eigenvalue weighted by atomic mass is 28.3. The summed E-state index contributed by atoms with van der Waals surface area (Å²) in [5.74, 6) is 0. The van der Waals surface area contributed by atoms with Gasteiger partial charge in [-0.15, -0.1) is 0 Å². The Kier molecular flexibility index (Phi) is 4.70. The highest BCUT2D eigenvalue weighted by Crippen LogP contribution is 2.17. The Hall–Kier alpha value is -1.37. The smallest absolute Gasteiger partial charge is 0.259 e. The summed E-state index contributed by atoms with van der Waals surface area (Å²) in [6.07, 6.45) is 5.35. The average Bonchev–Trinajstić information content (AvgIpc) is 2.82. The molecule has 0 unspecified atom stereocenters. The first-order valence-electron chi connectivity index (χ1n) is 7.18. The van der Waals surface area contributed by atoms with Crippen molar-refractivity contribution in [1.29, 1.82) is 0 Å². The van der Waals surface area contributed by atoms with Crippen LogP contribution in [-0.4, -0.2) is 28.9 Å². The Morgan fingerprint density at radius 3 is 2.48 bits per heavy atom. The van der Waals surface area contributed by atoms with Crippen molar-refractivity contribution in [2.24, 2.45) is 7.05 Å². The molecule has 2 aromatic heterocycles. The van der Waals surface area contributed by atoms with E-state index in [2.05, 4.69) is 19.6 Å². The van der Waals surface area contributed by atoms with E-state index in [1.807, 2.05) is 10.8 Å². The summed E-state index contributed by atoms with van der Waals surface area (Å²) >= 11 is 0. The van der Waals surface area contributed by atoms with Crippen LogP contribution >= 0.6 is 0 Å². The predicted octanol–water partition coefficient (Wildman–Crippen LogP) is 2.14. The Morgan fingerprint density at radius 1 is 1.19 bits per heavy atom. The van der Waals surface area contributed by atoms with Crippen LogP contribution in [0.4, 0.5) is 0 Å². The molecule has 21 heavy (non-hydrogen) atoms. The van der Waals surface area contributed by atoms with Crippen LogP contribution in [0, 0.1) is 0 Å². The third kappa shape index (κ3) is 3.84. The molecule has 1 N–H and O–H groups in total. The average molecular weight is 308 g/mol. The van der Waals surface area contributed by atoms with Gasteiger partial charge in [-0.05, 0) is 6.04 Å². The van der Waals surface area contributed by atoms with E-state index in [0.717, 1.165) is 23.6 Å².